The van der Waals surface area contributed by atoms with Crippen molar-refractivity contribution in [2.45, 2.75) is 13.5 Å². The summed E-state index contributed by atoms with van der Waals surface area (Å²) in [5.41, 5.74) is 1.10. The SMILES string of the molecule is CCOc1ncccc1CNC(=O)c1cnccn1. The second-order valence-electron chi connectivity index (χ2n) is 3.67. The number of nitrogens with one attached hydrogen (secondary N) is 1. The van der Waals surface area contributed by atoms with Crippen LogP contribution >= 0.6 is 0 Å². The Morgan fingerprint density at radius 2 is 2.21 bits per heavy atom. The zero-order valence-corrected chi connectivity index (χ0v) is 10.5. The molecule has 0 spiro atoms. The summed E-state index contributed by atoms with van der Waals surface area (Å²) in [7, 11) is 0. The highest BCUT2D eigenvalue weighted by Gasteiger charge is 2.09. The number of hydrogen-bond donors (Lipinski definition) is 1. The monoisotopic (exact) mass is 258 g/mol. The second kappa shape index (κ2) is 6.44. The lowest BCUT2D eigenvalue weighted by molar-refractivity contribution is 0.0945. The Hall–Kier alpha value is -2.50. The van der Waals surface area contributed by atoms with E-state index < -0.39 is 0 Å². The lowest BCUT2D eigenvalue weighted by Gasteiger charge is -2.09. The molecular formula is C13H14N4O2. The van der Waals surface area contributed by atoms with Crippen molar-refractivity contribution in [2.24, 2.45) is 0 Å². The highest BCUT2D eigenvalue weighted by molar-refractivity contribution is 5.91. The molecule has 0 aliphatic rings. The minimum absolute atomic E-state index is 0.278. The molecule has 0 aromatic carbocycles. The van der Waals surface area contributed by atoms with Crippen LogP contribution in [-0.4, -0.2) is 27.5 Å². The first-order chi connectivity index (χ1) is 9.31. The van der Waals surface area contributed by atoms with Gasteiger partial charge in [-0.3, -0.25) is 9.78 Å². The van der Waals surface area contributed by atoms with Gasteiger partial charge in [0.25, 0.3) is 5.91 Å². The molecule has 0 saturated carbocycles. The van der Waals surface area contributed by atoms with Gasteiger partial charge in [-0.25, -0.2) is 9.97 Å². The molecule has 2 heterocycles. The Bertz CT molecular complexity index is 545. The summed E-state index contributed by atoms with van der Waals surface area (Å²) in [6, 6.07) is 3.65. The van der Waals surface area contributed by atoms with Crippen LogP contribution in [0.1, 0.15) is 23.0 Å². The molecule has 0 unspecified atom stereocenters. The zero-order chi connectivity index (χ0) is 13.5. The lowest BCUT2D eigenvalue weighted by atomic mass is 10.2. The summed E-state index contributed by atoms with van der Waals surface area (Å²) in [6.45, 7) is 2.75. The average molecular weight is 258 g/mol. The van der Waals surface area contributed by atoms with E-state index in [0.717, 1.165) is 5.56 Å². The van der Waals surface area contributed by atoms with Crippen LogP contribution in [0.15, 0.2) is 36.9 Å². The van der Waals surface area contributed by atoms with Gasteiger partial charge in [-0.1, -0.05) is 6.07 Å². The predicted molar refractivity (Wildman–Crippen MR) is 68.6 cm³/mol. The van der Waals surface area contributed by atoms with E-state index in [9.17, 15) is 4.79 Å². The van der Waals surface area contributed by atoms with Crippen molar-refractivity contribution in [3.05, 3.63) is 48.2 Å². The van der Waals surface area contributed by atoms with E-state index in [1.54, 1.807) is 12.3 Å². The van der Waals surface area contributed by atoms with Crippen molar-refractivity contribution in [3.63, 3.8) is 0 Å². The van der Waals surface area contributed by atoms with Gasteiger partial charge in [-0.2, -0.15) is 0 Å². The molecule has 2 aromatic rings. The molecule has 98 valence electrons. The number of aromatic nitrogens is 3. The van der Waals surface area contributed by atoms with Crippen LogP contribution in [0.4, 0.5) is 0 Å². The molecule has 0 atom stereocenters. The quantitative estimate of drug-likeness (QED) is 0.872. The minimum atomic E-state index is -0.278. The summed E-state index contributed by atoms with van der Waals surface area (Å²) in [6.07, 6.45) is 6.07. The standard InChI is InChI=1S/C13H14N4O2/c1-2-19-13-10(4-3-5-16-13)8-17-12(18)11-9-14-6-7-15-11/h3-7,9H,2,8H2,1H3,(H,17,18). The molecule has 0 fully saturated rings. The highest BCUT2D eigenvalue weighted by atomic mass is 16.5. The Morgan fingerprint density at radius 3 is 2.95 bits per heavy atom. The van der Waals surface area contributed by atoms with Gasteiger partial charge >= 0.3 is 0 Å². The summed E-state index contributed by atoms with van der Waals surface area (Å²) in [5, 5.41) is 2.75. The number of pyridine rings is 1. The third-order valence-corrected chi connectivity index (χ3v) is 2.37. The fourth-order valence-corrected chi connectivity index (χ4v) is 1.51. The Labute approximate surface area is 110 Å². The van der Waals surface area contributed by atoms with Gasteiger partial charge in [0.1, 0.15) is 5.69 Å². The molecule has 6 nitrogen and oxygen atoms in total. The highest BCUT2D eigenvalue weighted by Crippen LogP contribution is 2.13. The van der Waals surface area contributed by atoms with Gasteiger partial charge in [-0.05, 0) is 13.0 Å². The molecule has 0 bridgehead atoms. The van der Waals surface area contributed by atoms with Crippen molar-refractivity contribution in [3.8, 4) is 5.88 Å². The van der Waals surface area contributed by atoms with E-state index in [4.69, 9.17) is 4.74 Å². The molecule has 2 aromatic heterocycles. The topological polar surface area (TPSA) is 77.0 Å². The van der Waals surface area contributed by atoms with E-state index in [1.165, 1.54) is 18.6 Å². The third kappa shape index (κ3) is 3.48. The number of nitrogens with zero attached hydrogens (tertiary/aromatic N) is 3. The van der Waals surface area contributed by atoms with Crippen LogP contribution in [-0.2, 0) is 6.54 Å². The number of ether oxygens (including phenoxy) is 1. The van der Waals surface area contributed by atoms with Crippen LogP contribution in [0.5, 0.6) is 5.88 Å². The largest absolute Gasteiger partial charge is 0.478 e. The first kappa shape index (κ1) is 12.9. The van der Waals surface area contributed by atoms with Crippen molar-refractivity contribution in [2.75, 3.05) is 6.61 Å². The molecule has 6 heteroatoms. The molecule has 2 rings (SSSR count). The first-order valence-electron chi connectivity index (χ1n) is 5.92. The van der Waals surface area contributed by atoms with Crippen molar-refractivity contribution in [1.82, 2.24) is 20.3 Å². The summed E-state index contributed by atoms with van der Waals surface area (Å²) in [4.78, 5) is 23.7. The molecule has 0 aliphatic carbocycles. The number of carbonyl (C=O) groups excluding carboxylic acids is 1. The maximum atomic E-state index is 11.8. The molecule has 1 amide bonds. The van der Waals surface area contributed by atoms with Gasteiger partial charge in [-0.15, -0.1) is 0 Å². The summed E-state index contributed by atoms with van der Waals surface area (Å²) < 4.78 is 5.38. The summed E-state index contributed by atoms with van der Waals surface area (Å²) >= 11 is 0. The van der Waals surface area contributed by atoms with Gasteiger partial charge in [0, 0.05) is 30.7 Å². The number of rotatable bonds is 5. The van der Waals surface area contributed by atoms with Gasteiger partial charge < -0.3 is 10.1 Å². The van der Waals surface area contributed by atoms with Crippen LogP contribution in [0.2, 0.25) is 0 Å². The molecule has 1 N–H and O–H groups in total. The smallest absolute Gasteiger partial charge is 0.271 e. The lowest BCUT2D eigenvalue weighted by Crippen LogP contribution is -2.24. The van der Waals surface area contributed by atoms with Crippen molar-refractivity contribution >= 4 is 5.91 Å². The third-order valence-electron chi connectivity index (χ3n) is 2.37. The van der Waals surface area contributed by atoms with Crippen molar-refractivity contribution in [1.29, 1.82) is 0 Å². The zero-order valence-electron chi connectivity index (χ0n) is 10.5. The molecule has 0 aliphatic heterocycles. The first-order valence-corrected chi connectivity index (χ1v) is 5.92. The van der Waals surface area contributed by atoms with E-state index in [1.807, 2.05) is 13.0 Å². The fourth-order valence-electron chi connectivity index (χ4n) is 1.51. The summed E-state index contributed by atoms with van der Waals surface area (Å²) in [5.74, 6) is 0.254. The van der Waals surface area contributed by atoms with E-state index in [0.29, 0.717) is 19.0 Å². The van der Waals surface area contributed by atoms with Gasteiger partial charge in [0.05, 0.1) is 12.8 Å². The van der Waals surface area contributed by atoms with Gasteiger partial charge in [0.15, 0.2) is 0 Å². The van der Waals surface area contributed by atoms with Crippen LogP contribution in [0, 0.1) is 0 Å². The van der Waals surface area contributed by atoms with Crippen LogP contribution in [0.3, 0.4) is 0 Å². The van der Waals surface area contributed by atoms with Crippen LogP contribution in [0.25, 0.3) is 0 Å². The second-order valence-corrected chi connectivity index (χ2v) is 3.67. The molecule has 0 saturated heterocycles. The Morgan fingerprint density at radius 1 is 1.32 bits per heavy atom. The van der Waals surface area contributed by atoms with E-state index >= 15 is 0 Å². The molecule has 0 radical (unpaired) electrons. The number of carbonyl (C=O) groups is 1. The maximum Gasteiger partial charge on any atom is 0.271 e. The van der Waals surface area contributed by atoms with Crippen LogP contribution < -0.4 is 10.1 Å². The van der Waals surface area contributed by atoms with Gasteiger partial charge in [0.2, 0.25) is 5.88 Å². The number of hydrogen-bond acceptors (Lipinski definition) is 5. The predicted octanol–water partition coefficient (Wildman–Crippen LogP) is 1.20. The Balaban J connectivity index is 2.01. The molecular weight excluding hydrogens is 244 g/mol. The van der Waals surface area contributed by atoms with E-state index in [-0.39, 0.29) is 11.6 Å². The minimum Gasteiger partial charge on any atom is -0.478 e. The normalized spacial score (nSPS) is 9.95. The average Bonchev–Trinajstić information content (AvgIpc) is 2.47. The van der Waals surface area contributed by atoms with E-state index in [2.05, 4.69) is 20.3 Å². The Kier molecular flexibility index (Phi) is 4.39. The molecule has 19 heavy (non-hydrogen) atoms. The van der Waals surface area contributed by atoms with Crippen molar-refractivity contribution < 1.29 is 9.53 Å². The number of amides is 1. The maximum absolute atomic E-state index is 11.8. The fraction of sp³-hybridized carbons (Fsp3) is 0.231.